The standard InChI is InChI=1S/C9H10ClF2NO/c1-13-4-8(14)5-2-6(11)9(10)7(12)3-5/h2-3,8,13-14H,4H2,1H3. The molecule has 1 aromatic rings. The minimum atomic E-state index is -0.943. The second-order valence-electron chi connectivity index (χ2n) is 2.87. The van der Waals surface area contributed by atoms with Gasteiger partial charge in [-0.05, 0) is 24.7 Å². The van der Waals surface area contributed by atoms with Crippen molar-refractivity contribution in [1.82, 2.24) is 5.32 Å². The summed E-state index contributed by atoms with van der Waals surface area (Å²) in [5.74, 6) is -1.73. The molecule has 1 unspecified atom stereocenters. The first kappa shape index (κ1) is 11.4. The number of aliphatic hydroxyl groups excluding tert-OH is 1. The van der Waals surface area contributed by atoms with Crippen LogP contribution in [0.3, 0.4) is 0 Å². The van der Waals surface area contributed by atoms with Gasteiger partial charge in [-0.2, -0.15) is 0 Å². The van der Waals surface area contributed by atoms with Gasteiger partial charge in [-0.3, -0.25) is 0 Å². The molecule has 0 saturated heterocycles. The van der Waals surface area contributed by atoms with Crippen molar-refractivity contribution < 1.29 is 13.9 Å². The second kappa shape index (κ2) is 4.68. The Hall–Kier alpha value is -0.710. The van der Waals surface area contributed by atoms with Crippen LogP contribution in [0.15, 0.2) is 12.1 Å². The maximum absolute atomic E-state index is 12.9. The number of benzene rings is 1. The van der Waals surface area contributed by atoms with Gasteiger partial charge in [0.25, 0.3) is 0 Å². The molecule has 5 heteroatoms. The van der Waals surface area contributed by atoms with Crippen LogP contribution in [-0.2, 0) is 0 Å². The minimum Gasteiger partial charge on any atom is -0.387 e. The third-order valence-corrected chi connectivity index (χ3v) is 2.15. The first-order valence-corrected chi connectivity index (χ1v) is 4.41. The van der Waals surface area contributed by atoms with Crippen molar-refractivity contribution in [2.45, 2.75) is 6.10 Å². The number of likely N-dealkylation sites (N-methyl/N-ethyl adjacent to an activating group) is 1. The molecule has 0 bridgehead atoms. The van der Waals surface area contributed by atoms with Gasteiger partial charge in [0.1, 0.15) is 16.7 Å². The van der Waals surface area contributed by atoms with Crippen LogP contribution in [0.2, 0.25) is 5.02 Å². The van der Waals surface area contributed by atoms with Gasteiger partial charge in [-0.25, -0.2) is 8.78 Å². The van der Waals surface area contributed by atoms with Crippen LogP contribution in [0, 0.1) is 11.6 Å². The maximum atomic E-state index is 12.9. The third kappa shape index (κ3) is 2.41. The SMILES string of the molecule is CNCC(O)c1cc(F)c(Cl)c(F)c1. The number of hydrogen-bond donors (Lipinski definition) is 2. The number of nitrogens with one attached hydrogen (secondary N) is 1. The summed E-state index contributed by atoms with van der Waals surface area (Å²) in [5, 5.41) is 11.6. The van der Waals surface area contributed by atoms with Crippen LogP contribution in [0.5, 0.6) is 0 Å². The van der Waals surface area contributed by atoms with E-state index >= 15 is 0 Å². The maximum Gasteiger partial charge on any atom is 0.145 e. The molecule has 0 aliphatic carbocycles. The zero-order valence-electron chi connectivity index (χ0n) is 7.52. The smallest absolute Gasteiger partial charge is 0.145 e. The second-order valence-corrected chi connectivity index (χ2v) is 3.25. The van der Waals surface area contributed by atoms with Crippen LogP contribution < -0.4 is 5.32 Å². The molecular weight excluding hydrogens is 212 g/mol. The molecular formula is C9H10ClF2NO. The lowest BCUT2D eigenvalue weighted by Gasteiger charge is -2.10. The number of halogens is 3. The summed E-state index contributed by atoms with van der Waals surface area (Å²) in [7, 11) is 1.63. The Balaban J connectivity index is 3.00. The van der Waals surface area contributed by atoms with Gasteiger partial charge in [0.05, 0.1) is 6.10 Å². The summed E-state index contributed by atoms with van der Waals surface area (Å²) in [6.45, 7) is 0.223. The molecule has 0 heterocycles. The predicted octanol–water partition coefficient (Wildman–Crippen LogP) is 1.87. The van der Waals surface area contributed by atoms with E-state index in [0.717, 1.165) is 12.1 Å². The summed E-state index contributed by atoms with van der Waals surface area (Å²) < 4.78 is 25.9. The summed E-state index contributed by atoms with van der Waals surface area (Å²) in [6.07, 6.45) is -0.943. The number of aliphatic hydroxyl groups is 1. The van der Waals surface area contributed by atoms with Gasteiger partial charge in [0.15, 0.2) is 0 Å². The van der Waals surface area contributed by atoms with Crippen molar-refractivity contribution in [2.24, 2.45) is 0 Å². The van der Waals surface area contributed by atoms with E-state index in [9.17, 15) is 13.9 Å². The predicted molar refractivity (Wildman–Crippen MR) is 50.3 cm³/mol. The van der Waals surface area contributed by atoms with Crippen molar-refractivity contribution in [1.29, 1.82) is 0 Å². The van der Waals surface area contributed by atoms with Crippen molar-refractivity contribution >= 4 is 11.6 Å². The van der Waals surface area contributed by atoms with Gasteiger partial charge >= 0.3 is 0 Å². The molecule has 78 valence electrons. The Morgan fingerprint density at radius 1 is 1.43 bits per heavy atom. The molecule has 0 aromatic heterocycles. The monoisotopic (exact) mass is 221 g/mol. The van der Waals surface area contributed by atoms with E-state index < -0.39 is 22.8 Å². The van der Waals surface area contributed by atoms with E-state index in [4.69, 9.17) is 11.6 Å². The molecule has 0 aliphatic rings. The highest BCUT2D eigenvalue weighted by Gasteiger charge is 2.13. The number of hydrogen-bond acceptors (Lipinski definition) is 2. The summed E-state index contributed by atoms with van der Waals surface area (Å²) in [6, 6.07) is 2.04. The largest absolute Gasteiger partial charge is 0.387 e. The highest BCUT2D eigenvalue weighted by molar-refractivity contribution is 6.30. The van der Waals surface area contributed by atoms with Gasteiger partial charge in [0.2, 0.25) is 0 Å². The fourth-order valence-corrected chi connectivity index (χ4v) is 1.19. The lowest BCUT2D eigenvalue weighted by Crippen LogP contribution is -2.17. The van der Waals surface area contributed by atoms with Crippen LogP contribution in [-0.4, -0.2) is 18.7 Å². The molecule has 0 fully saturated rings. The van der Waals surface area contributed by atoms with E-state index in [0.29, 0.717) is 0 Å². The van der Waals surface area contributed by atoms with E-state index in [1.807, 2.05) is 0 Å². The lowest BCUT2D eigenvalue weighted by molar-refractivity contribution is 0.177. The zero-order chi connectivity index (χ0) is 10.7. The molecule has 0 radical (unpaired) electrons. The van der Waals surface area contributed by atoms with E-state index in [1.165, 1.54) is 0 Å². The Morgan fingerprint density at radius 2 is 1.93 bits per heavy atom. The van der Waals surface area contributed by atoms with Gasteiger partial charge in [-0.15, -0.1) is 0 Å². The first-order valence-electron chi connectivity index (χ1n) is 4.03. The Bertz CT molecular complexity index is 310. The third-order valence-electron chi connectivity index (χ3n) is 1.79. The van der Waals surface area contributed by atoms with E-state index in [1.54, 1.807) is 7.05 Å². The average Bonchev–Trinajstić information content (AvgIpc) is 2.13. The summed E-state index contributed by atoms with van der Waals surface area (Å²) >= 11 is 5.28. The summed E-state index contributed by atoms with van der Waals surface area (Å²) in [4.78, 5) is 0. The summed E-state index contributed by atoms with van der Waals surface area (Å²) in [5.41, 5.74) is 0.166. The highest BCUT2D eigenvalue weighted by Crippen LogP contribution is 2.23. The lowest BCUT2D eigenvalue weighted by atomic mass is 10.1. The molecule has 0 saturated carbocycles. The molecule has 2 N–H and O–H groups in total. The molecule has 1 aromatic carbocycles. The van der Waals surface area contributed by atoms with Gasteiger partial charge < -0.3 is 10.4 Å². The topological polar surface area (TPSA) is 32.3 Å². The van der Waals surface area contributed by atoms with E-state index in [2.05, 4.69) is 5.32 Å². The molecule has 0 aliphatic heterocycles. The Kier molecular flexibility index (Phi) is 3.80. The molecule has 1 atom stereocenters. The quantitative estimate of drug-likeness (QED) is 0.764. The molecule has 0 spiro atoms. The average molecular weight is 222 g/mol. The Morgan fingerprint density at radius 3 is 2.36 bits per heavy atom. The van der Waals surface area contributed by atoms with Crippen LogP contribution in [0.4, 0.5) is 8.78 Å². The normalized spacial score (nSPS) is 12.9. The van der Waals surface area contributed by atoms with Gasteiger partial charge in [-0.1, -0.05) is 11.6 Å². The fraction of sp³-hybridized carbons (Fsp3) is 0.333. The van der Waals surface area contributed by atoms with Crippen molar-refractivity contribution in [3.8, 4) is 0 Å². The van der Waals surface area contributed by atoms with Crippen LogP contribution in [0.1, 0.15) is 11.7 Å². The van der Waals surface area contributed by atoms with Gasteiger partial charge in [0, 0.05) is 6.54 Å². The van der Waals surface area contributed by atoms with Crippen LogP contribution >= 0.6 is 11.6 Å². The minimum absolute atomic E-state index is 0.166. The molecule has 14 heavy (non-hydrogen) atoms. The molecule has 1 rings (SSSR count). The van der Waals surface area contributed by atoms with Crippen LogP contribution in [0.25, 0.3) is 0 Å². The Labute approximate surface area is 85.5 Å². The molecule has 2 nitrogen and oxygen atoms in total. The van der Waals surface area contributed by atoms with Crippen molar-refractivity contribution in [3.05, 3.63) is 34.4 Å². The van der Waals surface area contributed by atoms with Crippen molar-refractivity contribution in [2.75, 3.05) is 13.6 Å². The van der Waals surface area contributed by atoms with E-state index in [-0.39, 0.29) is 12.1 Å². The highest BCUT2D eigenvalue weighted by atomic mass is 35.5. The zero-order valence-corrected chi connectivity index (χ0v) is 8.28. The van der Waals surface area contributed by atoms with Crippen molar-refractivity contribution in [3.63, 3.8) is 0 Å². The first-order chi connectivity index (χ1) is 6.56. The number of rotatable bonds is 3. The molecule has 0 amide bonds. The fourth-order valence-electron chi connectivity index (χ4n) is 1.08.